The molecule has 0 atom stereocenters. The summed E-state index contributed by atoms with van der Waals surface area (Å²) in [5.74, 6) is -0.0124. The fourth-order valence-corrected chi connectivity index (χ4v) is 2.94. The first-order valence-corrected chi connectivity index (χ1v) is 8.08. The number of nitrogens with one attached hydrogen (secondary N) is 1. The van der Waals surface area contributed by atoms with Crippen molar-refractivity contribution in [1.29, 1.82) is 0 Å². The van der Waals surface area contributed by atoms with Crippen molar-refractivity contribution in [2.75, 3.05) is 0 Å². The summed E-state index contributed by atoms with van der Waals surface area (Å²) in [6.45, 7) is 6.41. The highest BCUT2D eigenvalue weighted by molar-refractivity contribution is 5.86. The predicted octanol–water partition coefficient (Wildman–Crippen LogP) is 3.41. The Hall–Kier alpha value is -2.75. The van der Waals surface area contributed by atoms with Crippen molar-refractivity contribution in [3.8, 4) is 0 Å². The third kappa shape index (κ3) is 3.43. The fraction of sp³-hybridized carbons (Fsp3) is 0.250. The zero-order chi connectivity index (χ0) is 17.1. The first kappa shape index (κ1) is 16.1. The van der Waals surface area contributed by atoms with Crippen LogP contribution >= 0.6 is 0 Å². The van der Waals surface area contributed by atoms with Crippen LogP contribution in [0.5, 0.6) is 0 Å². The molecule has 1 aromatic carbocycles. The number of benzene rings is 1. The number of hydrogen-bond donors (Lipinski definition) is 1. The van der Waals surface area contributed by atoms with Crippen LogP contribution in [0.1, 0.15) is 28.2 Å². The van der Waals surface area contributed by atoms with E-state index < -0.39 is 0 Å². The Bertz CT molecular complexity index is 903. The summed E-state index contributed by atoms with van der Waals surface area (Å²) in [5.41, 5.74) is 5.83. The molecule has 1 amide bonds. The number of rotatable bonds is 4. The minimum atomic E-state index is -0.0124. The van der Waals surface area contributed by atoms with Crippen LogP contribution in [-0.2, 0) is 17.8 Å². The van der Waals surface area contributed by atoms with Gasteiger partial charge in [-0.2, -0.15) is 0 Å². The Morgan fingerprint density at radius 3 is 2.58 bits per heavy atom. The van der Waals surface area contributed by atoms with E-state index in [0.29, 0.717) is 13.0 Å². The Morgan fingerprint density at radius 2 is 1.79 bits per heavy atom. The normalized spacial score (nSPS) is 10.8. The molecule has 0 saturated heterocycles. The molecule has 0 aliphatic heterocycles. The molecule has 0 spiro atoms. The van der Waals surface area contributed by atoms with E-state index in [1.807, 2.05) is 50.2 Å². The van der Waals surface area contributed by atoms with Crippen LogP contribution in [0.3, 0.4) is 0 Å². The standard InChI is InChI=1S/C20H21N3O/c1-13-7-6-8-16(22-13)12-21-20(24)11-18-14(2)17-9-4-5-10-19(17)23-15(18)3/h4-10H,11-12H2,1-3H3,(H,21,24). The highest BCUT2D eigenvalue weighted by Crippen LogP contribution is 2.22. The number of pyridine rings is 2. The minimum absolute atomic E-state index is 0.0124. The Balaban J connectivity index is 1.76. The van der Waals surface area contributed by atoms with E-state index in [-0.39, 0.29) is 5.91 Å². The van der Waals surface area contributed by atoms with Crippen LogP contribution in [-0.4, -0.2) is 15.9 Å². The smallest absolute Gasteiger partial charge is 0.224 e. The SMILES string of the molecule is Cc1cccc(CNC(=O)Cc2c(C)nc3ccccc3c2C)n1. The fourth-order valence-electron chi connectivity index (χ4n) is 2.94. The number of carbonyl (C=O) groups is 1. The minimum Gasteiger partial charge on any atom is -0.350 e. The van der Waals surface area contributed by atoms with Gasteiger partial charge in [0.05, 0.1) is 24.2 Å². The largest absolute Gasteiger partial charge is 0.350 e. The molecule has 0 unspecified atom stereocenters. The third-order valence-corrected chi connectivity index (χ3v) is 4.24. The molecule has 3 rings (SSSR count). The van der Waals surface area contributed by atoms with Gasteiger partial charge >= 0.3 is 0 Å². The molecule has 2 heterocycles. The molecule has 122 valence electrons. The summed E-state index contributed by atoms with van der Waals surface area (Å²) >= 11 is 0. The van der Waals surface area contributed by atoms with Gasteiger partial charge in [-0.3, -0.25) is 14.8 Å². The van der Waals surface area contributed by atoms with Crippen LogP contribution in [0.4, 0.5) is 0 Å². The van der Waals surface area contributed by atoms with Gasteiger partial charge in [-0.25, -0.2) is 0 Å². The number of nitrogens with zero attached hydrogens (tertiary/aromatic N) is 2. The quantitative estimate of drug-likeness (QED) is 0.802. The molecular formula is C20H21N3O. The van der Waals surface area contributed by atoms with E-state index in [2.05, 4.69) is 28.3 Å². The van der Waals surface area contributed by atoms with Crippen molar-refractivity contribution in [1.82, 2.24) is 15.3 Å². The molecule has 3 aromatic rings. The van der Waals surface area contributed by atoms with Gasteiger partial charge in [0, 0.05) is 16.8 Å². The molecule has 0 aliphatic rings. The number of aryl methyl sites for hydroxylation is 3. The summed E-state index contributed by atoms with van der Waals surface area (Å²) in [6.07, 6.45) is 0.335. The summed E-state index contributed by atoms with van der Waals surface area (Å²) < 4.78 is 0. The van der Waals surface area contributed by atoms with Crippen LogP contribution < -0.4 is 5.32 Å². The monoisotopic (exact) mass is 319 g/mol. The molecule has 0 aliphatic carbocycles. The summed E-state index contributed by atoms with van der Waals surface area (Å²) in [5, 5.41) is 4.05. The van der Waals surface area contributed by atoms with Crippen LogP contribution in [0, 0.1) is 20.8 Å². The van der Waals surface area contributed by atoms with Crippen LogP contribution in [0.15, 0.2) is 42.5 Å². The van der Waals surface area contributed by atoms with Crippen molar-refractivity contribution in [2.24, 2.45) is 0 Å². The zero-order valence-electron chi connectivity index (χ0n) is 14.3. The Kier molecular flexibility index (Phi) is 4.56. The first-order valence-electron chi connectivity index (χ1n) is 8.08. The molecule has 2 aromatic heterocycles. The van der Waals surface area contributed by atoms with E-state index in [0.717, 1.165) is 39.1 Å². The van der Waals surface area contributed by atoms with Crippen LogP contribution in [0.25, 0.3) is 10.9 Å². The maximum atomic E-state index is 12.3. The highest BCUT2D eigenvalue weighted by Gasteiger charge is 2.13. The van der Waals surface area contributed by atoms with Gasteiger partial charge in [0.2, 0.25) is 5.91 Å². The van der Waals surface area contributed by atoms with Crippen LogP contribution in [0.2, 0.25) is 0 Å². The lowest BCUT2D eigenvalue weighted by Crippen LogP contribution is -2.26. The number of hydrogen-bond acceptors (Lipinski definition) is 3. The van der Waals surface area contributed by atoms with E-state index in [4.69, 9.17) is 0 Å². The van der Waals surface area contributed by atoms with Gasteiger partial charge in [-0.05, 0) is 50.1 Å². The van der Waals surface area contributed by atoms with E-state index in [1.165, 1.54) is 0 Å². The van der Waals surface area contributed by atoms with Gasteiger partial charge < -0.3 is 5.32 Å². The second kappa shape index (κ2) is 6.79. The van der Waals surface area contributed by atoms with Gasteiger partial charge in [0.1, 0.15) is 0 Å². The zero-order valence-corrected chi connectivity index (χ0v) is 14.3. The number of para-hydroxylation sites is 1. The van der Waals surface area contributed by atoms with E-state index >= 15 is 0 Å². The second-order valence-corrected chi connectivity index (χ2v) is 6.04. The topological polar surface area (TPSA) is 54.9 Å². The molecular weight excluding hydrogens is 298 g/mol. The molecule has 4 heteroatoms. The number of amides is 1. The van der Waals surface area contributed by atoms with E-state index in [1.54, 1.807) is 0 Å². The Labute approximate surface area is 142 Å². The Morgan fingerprint density at radius 1 is 1.00 bits per heavy atom. The molecule has 4 nitrogen and oxygen atoms in total. The molecule has 0 radical (unpaired) electrons. The maximum absolute atomic E-state index is 12.3. The lowest BCUT2D eigenvalue weighted by Gasteiger charge is -2.12. The highest BCUT2D eigenvalue weighted by atomic mass is 16.1. The first-order chi connectivity index (χ1) is 11.5. The summed E-state index contributed by atoms with van der Waals surface area (Å²) in [4.78, 5) is 21.4. The molecule has 1 N–H and O–H groups in total. The van der Waals surface area contributed by atoms with Crippen molar-refractivity contribution in [3.05, 3.63) is 70.7 Å². The van der Waals surface area contributed by atoms with Gasteiger partial charge in [-0.1, -0.05) is 24.3 Å². The molecule has 0 bridgehead atoms. The molecule has 0 saturated carbocycles. The summed E-state index contributed by atoms with van der Waals surface area (Å²) in [7, 11) is 0. The average Bonchev–Trinajstić information content (AvgIpc) is 2.57. The van der Waals surface area contributed by atoms with Crippen molar-refractivity contribution in [3.63, 3.8) is 0 Å². The van der Waals surface area contributed by atoms with Crippen molar-refractivity contribution >= 4 is 16.8 Å². The van der Waals surface area contributed by atoms with E-state index in [9.17, 15) is 4.79 Å². The van der Waals surface area contributed by atoms with Crippen molar-refractivity contribution in [2.45, 2.75) is 33.7 Å². The molecule has 24 heavy (non-hydrogen) atoms. The third-order valence-electron chi connectivity index (χ3n) is 4.24. The maximum Gasteiger partial charge on any atom is 0.224 e. The number of carbonyl (C=O) groups excluding carboxylic acids is 1. The lowest BCUT2D eigenvalue weighted by molar-refractivity contribution is -0.120. The number of fused-ring (bicyclic) bond motifs is 1. The predicted molar refractivity (Wildman–Crippen MR) is 95.7 cm³/mol. The second-order valence-electron chi connectivity index (χ2n) is 6.04. The van der Waals surface area contributed by atoms with Gasteiger partial charge in [0.15, 0.2) is 0 Å². The van der Waals surface area contributed by atoms with Crippen molar-refractivity contribution < 1.29 is 4.79 Å². The van der Waals surface area contributed by atoms with Gasteiger partial charge in [-0.15, -0.1) is 0 Å². The molecule has 0 fully saturated rings. The van der Waals surface area contributed by atoms with Gasteiger partial charge in [0.25, 0.3) is 0 Å². The number of aromatic nitrogens is 2. The lowest BCUT2D eigenvalue weighted by atomic mass is 9.99. The summed E-state index contributed by atoms with van der Waals surface area (Å²) in [6, 6.07) is 13.8. The average molecular weight is 319 g/mol.